The summed E-state index contributed by atoms with van der Waals surface area (Å²) in [7, 11) is 1.88. The largest absolute Gasteiger partial charge is 0.470 e. The molecule has 7 heteroatoms. The van der Waals surface area contributed by atoms with Gasteiger partial charge in [0, 0.05) is 37.7 Å². The topological polar surface area (TPSA) is 83.3 Å². The van der Waals surface area contributed by atoms with Crippen molar-refractivity contribution in [2.24, 2.45) is 12.8 Å². The maximum absolute atomic E-state index is 6.17. The Morgan fingerprint density at radius 1 is 1.32 bits per heavy atom. The standard InChI is InChI=1S/C15H18N6O/c1-15(5-11(16)6-15)22-14-13-3-4-17-21(13)9-12(19-14)10-7-18-20(2)8-10/h3-4,7-9,11H,5-6,16H2,1-2H3/t11-,15+. The van der Waals surface area contributed by atoms with Crippen molar-refractivity contribution >= 4 is 5.52 Å². The zero-order chi connectivity index (χ0) is 15.3. The van der Waals surface area contributed by atoms with Crippen LogP contribution in [-0.4, -0.2) is 36.0 Å². The number of hydrogen-bond donors (Lipinski definition) is 1. The Morgan fingerprint density at radius 3 is 2.82 bits per heavy atom. The smallest absolute Gasteiger partial charge is 0.241 e. The number of fused-ring (bicyclic) bond motifs is 1. The number of ether oxygens (including phenoxy) is 1. The lowest BCUT2D eigenvalue weighted by molar-refractivity contribution is -0.00637. The molecule has 0 saturated heterocycles. The van der Waals surface area contributed by atoms with Gasteiger partial charge in [0.2, 0.25) is 5.88 Å². The molecule has 0 amide bonds. The minimum atomic E-state index is -0.245. The van der Waals surface area contributed by atoms with Crippen LogP contribution in [0.1, 0.15) is 19.8 Å². The van der Waals surface area contributed by atoms with Gasteiger partial charge in [-0.3, -0.25) is 4.68 Å². The molecular formula is C15H18N6O. The van der Waals surface area contributed by atoms with Crippen molar-refractivity contribution in [1.29, 1.82) is 0 Å². The second-order valence-electron chi connectivity index (χ2n) is 6.22. The van der Waals surface area contributed by atoms with Gasteiger partial charge in [-0.1, -0.05) is 0 Å². The molecule has 0 unspecified atom stereocenters. The number of nitrogens with two attached hydrogens (primary N) is 1. The second kappa shape index (κ2) is 4.54. The molecular weight excluding hydrogens is 280 g/mol. The molecule has 3 aromatic heterocycles. The first kappa shape index (κ1) is 13.3. The third kappa shape index (κ3) is 2.14. The van der Waals surface area contributed by atoms with E-state index in [1.54, 1.807) is 21.6 Å². The van der Waals surface area contributed by atoms with Gasteiger partial charge in [0.15, 0.2) is 0 Å². The van der Waals surface area contributed by atoms with Crippen molar-refractivity contribution in [1.82, 2.24) is 24.4 Å². The van der Waals surface area contributed by atoms with E-state index in [1.807, 2.05) is 25.5 Å². The van der Waals surface area contributed by atoms with E-state index in [4.69, 9.17) is 10.5 Å². The van der Waals surface area contributed by atoms with Crippen molar-refractivity contribution in [2.45, 2.75) is 31.4 Å². The van der Waals surface area contributed by atoms with Gasteiger partial charge in [-0.15, -0.1) is 0 Å². The molecule has 22 heavy (non-hydrogen) atoms. The van der Waals surface area contributed by atoms with E-state index in [1.165, 1.54) is 0 Å². The van der Waals surface area contributed by atoms with E-state index in [-0.39, 0.29) is 11.6 Å². The predicted molar refractivity (Wildman–Crippen MR) is 81.4 cm³/mol. The van der Waals surface area contributed by atoms with E-state index in [9.17, 15) is 0 Å². The zero-order valence-corrected chi connectivity index (χ0v) is 12.6. The number of hydrogen-bond acceptors (Lipinski definition) is 5. The second-order valence-corrected chi connectivity index (χ2v) is 6.22. The van der Waals surface area contributed by atoms with E-state index in [0.717, 1.165) is 29.6 Å². The maximum atomic E-state index is 6.17. The highest BCUT2D eigenvalue weighted by Gasteiger charge is 2.41. The van der Waals surface area contributed by atoms with E-state index >= 15 is 0 Å². The quantitative estimate of drug-likeness (QED) is 0.790. The van der Waals surface area contributed by atoms with Crippen LogP contribution >= 0.6 is 0 Å². The lowest BCUT2D eigenvalue weighted by Crippen LogP contribution is -2.53. The fourth-order valence-electron chi connectivity index (χ4n) is 3.03. The Labute approximate surface area is 127 Å². The van der Waals surface area contributed by atoms with Gasteiger partial charge in [-0.05, 0) is 13.0 Å². The SMILES string of the molecule is Cn1cc(-c2cn3nccc3c(O[C@]3(C)C[C@H](N)C3)n2)cn1. The molecule has 0 bridgehead atoms. The summed E-state index contributed by atoms with van der Waals surface area (Å²) in [5.74, 6) is 0.591. The van der Waals surface area contributed by atoms with Crippen LogP contribution in [0, 0.1) is 0 Å². The maximum Gasteiger partial charge on any atom is 0.241 e. The number of aryl methyl sites for hydroxylation is 1. The van der Waals surface area contributed by atoms with Gasteiger partial charge in [-0.2, -0.15) is 10.2 Å². The summed E-state index contributed by atoms with van der Waals surface area (Å²) >= 11 is 0. The minimum Gasteiger partial charge on any atom is -0.470 e. The molecule has 1 aliphatic carbocycles. The van der Waals surface area contributed by atoms with Crippen LogP contribution in [0.3, 0.4) is 0 Å². The molecule has 0 aromatic carbocycles. The van der Waals surface area contributed by atoms with E-state index < -0.39 is 0 Å². The Morgan fingerprint density at radius 2 is 2.14 bits per heavy atom. The molecule has 0 radical (unpaired) electrons. The van der Waals surface area contributed by atoms with Gasteiger partial charge < -0.3 is 10.5 Å². The molecule has 3 aromatic rings. The molecule has 7 nitrogen and oxygen atoms in total. The van der Waals surface area contributed by atoms with Crippen LogP contribution in [0.2, 0.25) is 0 Å². The Hall–Kier alpha value is -2.41. The lowest BCUT2D eigenvalue weighted by atomic mass is 9.77. The summed E-state index contributed by atoms with van der Waals surface area (Å²) in [6, 6.07) is 2.12. The fraction of sp³-hybridized carbons (Fsp3) is 0.400. The minimum absolute atomic E-state index is 0.215. The average Bonchev–Trinajstić information content (AvgIpc) is 3.05. The van der Waals surface area contributed by atoms with Crippen LogP contribution in [0.4, 0.5) is 0 Å². The Bertz CT molecular complexity index is 830. The molecule has 1 fully saturated rings. The summed E-state index contributed by atoms with van der Waals surface area (Å²) in [6.07, 6.45) is 9.00. The molecule has 114 valence electrons. The van der Waals surface area contributed by atoms with Crippen LogP contribution in [0.25, 0.3) is 16.8 Å². The van der Waals surface area contributed by atoms with Crippen LogP contribution in [0.15, 0.2) is 30.9 Å². The molecule has 4 rings (SSSR count). The van der Waals surface area contributed by atoms with E-state index in [2.05, 4.69) is 22.1 Å². The van der Waals surface area contributed by atoms with Crippen molar-refractivity contribution in [3.8, 4) is 17.1 Å². The van der Waals surface area contributed by atoms with Gasteiger partial charge in [0.1, 0.15) is 11.1 Å². The van der Waals surface area contributed by atoms with Crippen molar-refractivity contribution in [3.05, 3.63) is 30.9 Å². The predicted octanol–water partition coefficient (Wildman–Crippen LogP) is 1.39. The third-order valence-corrected chi connectivity index (χ3v) is 4.09. The first-order valence-corrected chi connectivity index (χ1v) is 7.30. The number of rotatable bonds is 3. The number of aromatic nitrogens is 5. The van der Waals surface area contributed by atoms with Gasteiger partial charge in [0.25, 0.3) is 0 Å². The van der Waals surface area contributed by atoms with E-state index in [0.29, 0.717) is 5.88 Å². The highest BCUT2D eigenvalue weighted by atomic mass is 16.5. The molecule has 0 aliphatic heterocycles. The van der Waals surface area contributed by atoms with Crippen molar-refractivity contribution in [3.63, 3.8) is 0 Å². The summed E-state index contributed by atoms with van der Waals surface area (Å²) < 4.78 is 9.70. The third-order valence-electron chi connectivity index (χ3n) is 4.09. The Balaban J connectivity index is 1.77. The zero-order valence-electron chi connectivity index (χ0n) is 12.6. The normalized spacial score (nSPS) is 24.4. The van der Waals surface area contributed by atoms with Crippen molar-refractivity contribution < 1.29 is 4.74 Å². The molecule has 0 atom stereocenters. The monoisotopic (exact) mass is 298 g/mol. The van der Waals surface area contributed by atoms with Crippen LogP contribution < -0.4 is 10.5 Å². The summed E-state index contributed by atoms with van der Waals surface area (Å²) in [4.78, 5) is 4.67. The molecule has 3 heterocycles. The summed E-state index contributed by atoms with van der Waals surface area (Å²) in [5, 5.41) is 8.50. The highest BCUT2D eigenvalue weighted by Crippen LogP contribution is 2.36. The van der Waals surface area contributed by atoms with Crippen LogP contribution in [-0.2, 0) is 7.05 Å². The average molecular weight is 298 g/mol. The molecule has 1 aliphatic rings. The van der Waals surface area contributed by atoms with Gasteiger partial charge in [0.05, 0.1) is 24.3 Å². The summed E-state index contributed by atoms with van der Waals surface area (Å²) in [5.41, 5.74) is 8.22. The fourth-order valence-corrected chi connectivity index (χ4v) is 3.03. The Kier molecular flexibility index (Phi) is 2.74. The first-order valence-electron chi connectivity index (χ1n) is 7.30. The molecule has 2 N–H and O–H groups in total. The first-order chi connectivity index (χ1) is 10.5. The molecule has 1 saturated carbocycles. The van der Waals surface area contributed by atoms with Gasteiger partial charge in [-0.25, -0.2) is 9.50 Å². The highest BCUT2D eigenvalue weighted by molar-refractivity contribution is 5.63. The lowest BCUT2D eigenvalue weighted by Gasteiger charge is -2.42. The van der Waals surface area contributed by atoms with Crippen LogP contribution in [0.5, 0.6) is 5.88 Å². The molecule has 0 spiro atoms. The summed E-state index contributed by atoms with van der Waals surface area (Å²) in [6.45, 7) is 2.07. The van der Waals surface area contributed by atoms with Gasteiger partial charge >= 0.3 is 0 Å². The number of nitrogens with zero attached hydrogens (tertiary/aromatic N) is 5. The van der Waals surface area contributed by atoms with Crippen molar-refractivity contribution in [2.75, 3.05) is 0 Å².